The van der Waals surface area contributed by atoms with Gasteiger partial charge in [-0.25, -0.2) is 0 Å². The molecular formula is C10H9NOY3. The molecule has 0 aliphatic rings. The van der Waals surface area contributed by atoms with Crippen molar-refractivity contribution < 1.29 is 103 Å². The number of hydrogen-bond acceptors (Lipinski definition) is 2. The Morgan fingerprint density at radius 3 is 2.40 bits per heavy atom. The van der Waals surface area contributed by atoms with E-state index in [4.69, 9.17) is 10.4 Å². The molecule has 0 amide bonds. The number of nitriles is 1. The second-order valence-electron chi connectivity index (χ2n) is 2.51. The Labute approximate surface area is 166 Å². The molecule has 0 unspecified atom stereocenters. The van der Waals surface area contributed by atoms with Gasteiger partial charge in [-0.3, -0.25) is 0 Å². The van der Waals surface area contributed by atoms with Gasteiger partial charge < -0.3 is 5.11 Å². The summed E-state index contributed by atoms with van der Waals surface area (Å²) < 4.78 is 0. The van der Waals surface area contributed by atoms with Gasteiger partial charge in [-0.1, -0.05) is 12.1 Å². The van der Waals surface area contributed by atoms with Crippen LogP contribution < -0.4 is 0 Å². The van der Waals surface area contributed by atoms with Crippen molar-refractivity contribution in [2.75, 3.05) is 0 Å². The molecule has 0 spiro atoms. The minimum Gasteiger partial charge on any atom is -0.508 e. The van der Waals surface area contributed by atoms with E-state index in [1.165, 1.54) is 6.08 Å². The Kier molecular flexibility index (Phi) is 17.5. The smallest absolute Gasteiger partial charge is 0.116 e. The third kappa shape index (κ3) is 8.31. The van der Waals surface area contributed by atoms with E-state index in [9.17, 15) is 0 Å². The van der Waals surface area contributed by atoms with E-state index >= 15 is 0 Å². The monoisotopic (exact) mass is 426 g/mol. The maximum atomic E-state index is 9.12. The summed E-state index contributed by atoms with van der Waals surface area (Å²) in [6, 6.07) is 8.77. The summed E-state index contributed by atoms with van der Waals surface area (Å²) in [4.78, 5) is 0. The minimum atomic E-state index is 0. The number of aromatic hydroxyl groups is 1. The molecule has 0 aliphatic carbocycles. The first kappa shape index (κ1) is 21.8. The van der Waals surface area contributed by atoms with Gasteiger partial charge in [0, 0.05) is 104 Å². The van der Waals surface area contributed by atoms with Crippen LogP contribution in [0.2, 0.25) is 0 Å². The molecule has 1 N–H and O–H groups in total. The number of allylic oxidation sites excluding steroid dienone is 2. The fourth-order valence-electron chi connectivity index (χ4n) is 0.931. The number of rotatable bonds is 1. The Morgan fingerprint density at radius 1 is 1.33 bits per heavy atom. The molecule has 1 rings (SSSR count). The second-order valence-corrected chi connectivity index (χ2v) is 2.51. The third-order valence-corrected chi connectivity index (χ3v) is 1.58. The van der Waals surface area contributed by atoms with Gasteiger partial charge in [0.2, 0.25) is 0 Å². The van der Waals surface area contributed by atoms with Gasteiger partial charge >= 0.3 is 0 Å². The zero-order valence-corrected chi connectivity index (χ0v) is 17.0. The SMILES string of the molecule is C/C(=C\C#N)c1cccc(O)c1.[Y].[Y].[Y]. The van der Waals surface area contributed by atoms with E-state index in [1.54, 1.807) is 18.2 Å². The first-order valence-electron chi connectivity index (χ1n) is 3.60. The predicted molar refractivity (Wildman–Crippen MR) is 47.4 cm³/mol. The van der Waals surface area contributed by atoms with Crippen molar-refractivity contribution in [1.82, 2.24) is 0 Å². The summed E-state index contributed by atoms with van der Waals surface area (Å²) in [5, 5.41) is 17.5. The molecule has 15 heavy (non-hydrogen) atoms. The van der Waals surface area contributed by atoms with Crippen LogP contribution in [0.3, 0.4) is 0 Å². The molecule has 5 heteroatoms. The first-order chi connectivity index (χ1) is 5.74. The Hall–Kier alpha value is 1.56. The molecule has 2 nitrogen and oxygen atoms in total. The van der Waals surface area contributed by atoms with E-state index in [0.717, 1.165) is 11.1 Å². The fourth-order valence-corrected chi connectivity index (χ4v) is 0.931. The van der Waals surface area contributed by atoms with E-state index in [-0.39, 0.29) is 104 Å². The van der Waals surface area contributed by atoms with Crippen LogP contribution in [-0.4, -0.2) is 5.11 Å². The van der Waals surface area contributed by atoms with Crippen molar-refractivity contribution >= 4 is 5.57 Å². The van der Waals surface area contributed by atoms with Crippen molar-refractivity contribution in [1.29, 1.82) is 5.26 Å². The zero-order valence-electron chi connectivity index (χ0n) is 8.51. The third-order valence-electron chi connectivity index (χ3n) is 1.58. The Bertz CT molecular complexity index is 358. The van der Waals surface area contributed by atoms with Crippen LogP contribution in [-0.2, 0) is 98.1 Å². The average molecular weight is 426 g/mol. The summed E-state index contributed by atoms with van der Waals surface area (Å²) in [5.74, 6) is 0.221. The Morgan fingerprint density at radius 2 is 1.93 bits per heavy atom. The molecule has 0 fully saturated rings. The summed E-state index contributed by atoms with van der Waals surface area (Å²) in [6.07, 6.45) is 1.45. The molecule has 0 aliphatic heterocycles. The van der Waals surface area contributed by atoms with Crippen LogP contribution >= 0.6 is 0 Å². The molecule has 0 atom stereocenters. The molecule has 69 valence electrons. The minimum absolute atomic E-state index is 0. The molecule has 1 aromatic rings. The average Bonchev–Trinajstić information content (AvgIpc) is 2.05. The second kappa shape index (κ2) is 12.0. The van der Waals surface area contributed by atoms with Crippen LogP contribution in [0.15, 0.2) is 30.3 Å². The largest absolute Gasteiger partial charge is 0.508 e. The topological polar surface area (TPSA) is 44.0 Å². The number of phenols is 1. The van der Waals surface area contributed by atoms with E-state index in [0.29, 0.717) is 0 Å². The maximum Gasteiger partial charge on any atom is 0.116 e. The van der Waals surface area contributed by atoms with Crippen LogP contribution in [0.1, 0.15) is 12.5 Å². The summed E-state index contributed by atoms with van der Waals surface area (Å²) in [6.45, 7) is 1.83. The van der Waals surface area contributed by atoms with Crippen molar-refractivity contribution in [3.63, 3.8) is 0 Å². The van der Waals surface area contributed by atoms with E-state index in [2.05, 4.69) is 0 Å². The van der Waals surface area contributed by atoms with Crippen molar-refractivity contribution in [2.24, 2.45) is 0 Å². The molecule has 0 saturated carbocycles. The quantitative estimate of drug-likeness (QED) is 0.702. The van der Waals surface area contributed by atoms with Crippen LogP contribution in [0, 0.1) is 11.3 Å². The van der Waals surface area contributed by atoms with Gasteiger partial charge in [0.25, 0.3) is 0 Å². The summed E-state index contributed by atoms with van der Waals surface area (Å²) in [7, 11) is 0. The zero-order chi connectivity index (χ0) is 8.97. The maximum absolute atomic E-state index is 9.12. The fraction of sp³-hybridized carbons (Fsp3) is 0.100. The molecule has 3 radical (unpaired) electrons. The van der Waals surface area contributed by atoms with Crippen LogP contribution in [0.4, 0.5) is 0 Å². The molecule has 0 bridgehead atoms. The molecule has 0 heterocycles. The Balaban J connectivity index is -0.000000480. The molecular weight excluding hydrogens is 417 g/mol. The van der Waals surface area contributed by atoms with Crippen molar-refractivity contribution in [3.05, 3.63) is 35.9 Å². The molecule has 0 aromatic heterocycles. The summed E-state index contributed by atoms with van der Waals surface area (Å²) >= 11 is 0. The normalized spacial score (nSPS) is 8.67. The number of phenolic OH excluding ortho intramolecular Hbond substituents is 1. The summed E-state index contributed by atoms with van der Waals surface area (Å²) in [5.41, 5.74) is 1.73. The van der Waals surface area contributed by atoms with E-state index < -0.39 is 0 Å². The van der Waals surface area contributed by atoms with Crippen molar-refractivity contribution in [2.45, 2.75) is 6.92 Å². The molecule has 1 aromatic carbocycles. The van der Waals surface area contributed by atoms with Crippen LogP contribution in [0.5, 0.6) is 5.75 Å². The number of nitrogens with zero attached hydrogens (tertiary/aromatic N) is 1. The van der Waals surface area contributed by atoms with Crippen molar-refractivity contribution in [3.8, 4) is 11.8 Å². The number of hydrogen-bond donors (Lipinski definition) is 1. The van der Waals surface area contributed by atoms with Crippen LogP contribution in [0.25, 0.3) is 5.57 Å². The standard InChI is InChI=1S/C10H9NO.3Y/c1-8(5-6-11)9-3-2-4-10(12)7-9;;;/h2-5,7,12H,1H3;;;/b8-5+;;;. The molecule has 0 saturated heterocycles. The predicted octanol–water partition coefficient (Wildman–Crippen LogP) is 2.31. The van der Waals surface area contributed by atoms with Gasteiger partial charge in [-0.05, 0) is 30.2 Å². The van der Waals surface area contributed by atoms with Gasteiger partial charge in [0.15, 0.2) is 0 Å². The van der Waals surface area contributed by atoms with E-state index in [1.807, 2.05) is 19.1 Å². The van der Waals surface area contributed by atoms with Gasteiger partial charge in [0.1, 0.15) is 5.75 Å². The first-order valence-corrected chi connectivity index (χ1v) is 3.60. The number of benzene rings is 1. The van der Waals surface area contributed by atoms with Gasteiger partial charge in [0.05, 0.1) is 6.07 Å². The van der Waals surface area contributed by atoms with Gasteiger partial charge in [-0.15, -0.1) is 0 Å². The van der Waals surface area contributed by atoms with Gasteiger partial charge in [-0.2, -0.15) is 5.26 Å².